The normalized spacial score (nSPS) is 13.1. The first kappa shape index (κ1) is 12.0. The summed E-state index contributed by atoms with van der Waals surface area (Å²) in [6.07, 6.45) is 3.79. The summed E-state index contributed by atoms with van der Waals surface area (Å²) in [5.74, 6) is 1.44. The summed E-state index contributed by atoms with van der Waals surface area (Å²) in [4.78, 5) is 4.29. The Bertz CT molecular complexity index is 283. The average Bonchev–Trinajstić information content (AvgIpc) is 2.64. The van der Waals surface area contributed by atoms with Gasteiger partial charge in [-0.25, -0.2) is 4.98 Å². The van der Waals surface area contributed by atoms with Crippen molar-refractivity contribution in [2.75, 3.05) is 19.0 Å². The van der Waals surface area contributed by atoms with Crippen molar-refractivity contribution in [1.29, 1.82) is 0 Å². The van der Waals surface area contributed by atoms with E-state index in [-0.39, 0.29) is 0 Å². The lowest BCUT2D eigenvalue weighted by Gasteiger charge is -2.22. The number of aryl methyl sites for hydroxylation is 1. The van der Waals surface area contributed by atoms with E-state index < -0.39 is 0 Å². The number of methoxy groups -OCH3 is 1. The molecule has 1 aromatic heterocycles. The van der Waals surface area contributed by atoms with Crippen LogP contribution in [0.15, 0.2) is 12.4 Å². The van der Waals surface area contributed by atoms with E-state index in [0.29, 0.717) is 18.6 Å². The first-order valence-corrected chi connectivity index (χ1v) is 5.45. The molecule has 0 aliphatic carbocycles. The number of rotatable bonds is 6. The molecule has 1 heterocycles. The van der Waals surface area contributed by atoms with Gasteiger partial charge >= 0.3 is 0 Å². The SMILES string of the molecule is CCn1ccnc1NC(COC)C(C)C. The lowest BCUT2D eigenvalue weighted by Crippen LogP contribution is -2.31. The molecule has 0 saturated heterocycles. The predicted octanol–water partition coefficient (Wildman–Crippen LogP) is 1.99. The van der Waals surface area contributed by atoms with Gasteiger partial charge in [0.25, 0.3) is 0 Å². The molecule has 86 valence electrons. The summed E-state index contributed by atoms with van der Waals surface area (Å²) in [5, 5.41) is 3.41. The highest BCUT2D eigenvalue weighted by Crippen LogP contribution is 2.11. The molecular formula is C11H21N3O. The molecule has 0 radical (unpaired) electrons. The zero-order chi connectivity index (χ0) is 11.3. The topological polar surface area (TPSA) is 39.1 Å². The van der Waals surface area contributed by atoms with Crippen molar-refractivity contribution in [3.8, 4) is 0 Å². The Balaban J connectivity index is 2.65. The summed E-state index contributed by atoms with van der Waals surface area (Å²) >= 11 is 0. The van der Waals surface area contributed by atoms with E-state index in [1.807, 2.05) is 12.4 Å². The Labute approximate surface area is 91.7 Å². The average molecular weight is 211 g/mol. The summed E-state index contributed by atoms with van der Waals surface area (Å²) in [6.45, 7) is 8.09. The van der Waals surface area contributed by atoms with E-state index in [1.165, 1.54) is 0 Å². The summed E-state index contributed by atoms with van der Waals surface area (Å²) in [6, 6.07) is 0.308. The molecule has 1 unspecified atom stereocenters. The fourth-order valence-corrected chi connectivity index (χ4v) is 1.45. The number of aromatic nitrogens is 2. The molecule has 0 fully saturated rings. The largest absolute Gasteiger partial charge is 0.383 e. The fraction of sp³-hybridized carbons (Fsp3) is 0.727. The predicted molar refractivity (Wildman–Crippen MR) is 62.0 cm³/mol. The van der Waals surface area contributed by atoms with Gasteiger partial charge in [0, 0.05) is 26.0 Å². The van der Waals surface area contributed by atoms with Gasteiger partial charge in [-0.2, -0.15) is 0 Å². The molecule has 4 heteroatoms. The molecule has 4 nitrogen and oxygen atoms in total. The maximum atomic E-state index is 5.19. The second-order valence-electron chi connectivity index (χ2n) is 3.99. The van der Waals surface area contributed by atoms with Gasteiger partial charge in [0.1, 0.15) is 0 Å². The fourth-order valence-electron chi connectivity index (χ4n) is 1.45. The van der Waals surface area contributed by atoms with Gasteiger partial charge in [-0.15, -0.1) is 0 Å². The number of nitrogens with one attached hydrogen (secondary N) is 1. The zero-order valence-corrected chi connectivity index (χ0v) is 10.0. The number of anilines is 1. The first-order valence-electron chi connectivity index (χ1n) is 5.45. The van der Waals surface area contributed by atoms with Gasteiger partial charge in [-0.1, -0.05) is 13.8 Å². The van der Waals surface area contributed by atoms with Crippen molar-refractivity contribution in [2.24, 2.45) is 5.92 Å². The molecule has 15 heavy (non-hydrogen) atoms. The second-order valence-corrected chi connectivity index (χ2v) is 3.99. The third-order valence-electron chi connectivity index (χ3n) is 2.52. The van der Waals surface area contributed by atoms with Gasteiger partial charge in [0.15, 0.2) is 0 Å². The van der Waals surface area contributed by atoms with Gasteiger partial charge in [0.2, 0.25) is 5.95 Å². The molecule has 0 aliphatic heterocycles. The van der Waals surface area contributed by atoms with E-state index >= 15 is 0 Å². The Hall–Kier alpha value is -1.03. The summed E-state index contributed by atoms with van der Waals surface area (Å²) < 4.78 is 7.28. The zero-order valence-electron chi connectivity index (χ0n) is 10.0. The van der Waals surface area contributed by atoms with Crippen molar-refractivity contribution in [1.82, 2.24) is 9.55 Å². The molecule has 1 rings (SSSR count). The Morgan fingerprint density at radius 3 is 2.80 bits per heavy atom. The lowest BCUT2D eigenvalue weighted by molar-refractivity contribution is 0.170. The molecule has 0 spiro atoms. The van der Waals surface area contributed by atoms with Crippen molar-refractivity contribution >= 4 is 5.95 Å². The second kappa shape index (κ2) is 5.75. The molecule has 1 aromatic rings. The smallest absolute Gasteiger partial charge is 0.203 e. The van der Waals surface area contributed by atoms with E-state index in [0.717, 1.165) is 12.5 Å². The van der Waals surface area contributed by atoms with Crippen LogP contribution in [0.2, 0.25) is 0 Å². The number of nitrogens with zero attached hydrogens (tertiary/aromatic N) is 2. The van der Waals surface area contributed by atoms with Crippen LogP contribution >= 0.6 is 0 Å². The van der Waals surface area contributed by atoms with Crippen molar-refractivity contribution in [2.45, 2.75) is 33.4 Å². The number of hydrogen-bond donors (Lipinski definition) is 1. The third-order valence-corrected chi connectivity index (χ3v) is 2.52. The highest BCUT2D eigenvalue weighted by Gasteiger charge is 2.14. The number of ether oxygens (including phenoxy) is 1. The van der Waals surface area contributed by atoms with Crippen molar-refractivity contribution < 1.29 is 4.74 Å². The van der Waals surface area contributed by atoms with Crippen LogP contribution in [0.1, 0.15) is 20.8 Å². The van der Waals surface area contributed by atoms with Crippen molar-refractivity contribution in [3.63, 3.8) is 0 Å². The molecule has 1 atom stereocenters. The molecular weight excluding hydrogens is 190 g/mol. The minimum atomic E-state index is 0.308. The van der Waals surface area contributed by atoms with E-state index in [2.05, 4.69) is 35.6 Å². The van der Waals surface area contributed by atoms with Crippen LogP contribution in [0.4, 0.5) is 5.95 Å². The van der Waals surface area contributed by atoms with Crippen LogP contribution < -0.4 is 5.32 Å². The molecule has 0 amide bonds. The van der Waals surface area contributed by atoms with Crippen LogP contribution in [0.25, 0.3) is 0 Å². The number of imidazole rings is 1. The molecule has 0 aromatic carbocycles. The van der Waals surface area contributed by atoms with E-state index in [9.17, 15) is 0 Å². The lowest BCUT2D eigenvalue weighted by atomic mass is 10.1. The van der Waals surface area contributed by atoms with E-state index in [1.54, 1.807) is 7.11 Å². The van der Waals surface area contributed by atoms with Crippen LogP contribution in [-0.4, -0.2) is 29.3 Å². The Morgan fingerprint density at radius 2 is 2.27 bits per heavy atom. The van der Waals surface area contributed by atoms with Gasteiger partial charge in [-0.3, -0.25) is 0 Å². The standard InChI is InChI=1S/C11H21N3O/c1-5-14-7-6-12-11(14)13-10(8-15-4)9(2)3/h6-7,9-10H,5,8H2,1-4H3,(H,12,13). The molecule has 1 N–H and O–H groups in total. The molecule has 0 bridgehead atoms. The number of hydrogen-bond acceptors (Lipinski definition) is 3. The molecule has 0 saturated carbocycles. The van der Waals surface area contributed by atoms with Gasteiger partial charge < -0.3 is 14.6 Å². The summed E-state index contributed by atoms with van der Waals surface area (Å²) in [5.41, 5.74) is 0. The maximum absolute atomic E-state index is 5.19. The van der Waals surface area contributed by atoms with E-state index in [4.69, 9.17) is 4.74 Å². The van der Waals surface area contributed by atoms with Gasteiger partial charge in [0.05, 0.1) is 12.6 Å². The van der Waals surface area contributed by atoms with Gasteiger partial charge in [-0.05, 0) is 12.8 Å². The minimum absolute atomic E-state index is 0.308. The Kier molecular flexibility index (Phi) is 4.62. The third kappa shape index (κ3) is 3.23. The summed E-state index contributed by atoms with van der Waals surface area (Å²) in [7, 11) is 1.73. The minimum Gasteiger partial charge on any atom is -0.383 e. The van der Waals surface area contributed by atoms with Crippen LogP contribution in [-0.2, 0) is 11.3 Å². The quantitative estimate of drug-likeness (QED) is 0.782. The Morgan fingerprint density at radius 1 is 1.53 bits per heavy atom. The highest BCUT2D eigenvalue weighted by molar-refractivity contribution is 5.27. The monoisotopic (exact) mass is 211 g/mol. The van der Waals surface area contributed by atoms with Crippen molar-refractivity contribution in [3.05, 3.63) is 12.4 Å². The maximum Gasteiger partial charge on any atom is 0.203 e. The van der Waals surface area contributed by atoms with Crippen LogP contribution in [0, 0.1) is 5.92 Å². The first-order chi connectivity index (χ1) is 7.19. The molecule has 0 aliphatic rings. The highest BCUT2D eigenvalue weighted by atomic mass is 16.5. The van der Waals surface area contributed by atoms with Crippen LogP contribution in [0.3, 0.4) is 0 Å². The van der Waals surface area contributed by atoms with Crippen LogP contribution in [0.5, 0.6) is 0 Å².